The topological polar surface area (TPSA) is 38.0 Å². The Kier molecular flexibility index (Phi) is 4.10. The largest absolute Gasteiger partial charge is 0.389 e. The molecule has 0 aromatic carbocycles. The zero-order valence-corrected chi connectivity index (χ0v) is 12.1. The van der Waals surface area contributed by atoms with Crippen LogP contribution in [0.5, 0.6) is 0 Å². The van der Waals surface area contributed by atoms with E-state index in [0.29, 0.717) is 6.04 Å². The van der Waals surface area contributed by atoms with Crippen LogP contribution in [0.2, 0.25) is 0 Å². The molecule has 0 amide bonds. The van der Waals surface area contributed by atoms with Crippen molar-refractivity contribution in [2.24, 2.45) is 5.92 Å². The average molecular weight is 250 g/mol. The molecule has 1 N–H and O–H groups in total. The van der Waals surface area contributed by atoms with Crippen molar-refractivity contribution in [2.45, 2.75) is 71.9 Å². The van der Waals surface area contributed by atoms with E-state index in [0.717, 1.165) is 22.9 Å². The number of aryl methyl sites for hydroxylation is 1. The molecule has 1 aromatic heterocycles. The van der Waals surface area contributed by atoms with Crippen molar-refractivity contribution >= 4 is 0 Å². The summed E-state index contributed by atoms with van der Waals surface area (Å²) in [4.78, 5) is 0. The van der Waals surface area contributed by atoms with Crippen molar-refractivity contribution in [1.29, 1.82) is 0 Å². The highest BCUT2D eigenvalue weighted by Crippen LogP contribution is 2.35. The Labute approximate surface area is 110 Å². The van der Waals surface area contributed by atoms with Gasteiger partial charge in [-0.25, -0.2) is 0 Å². The average Bonchev–Trinajstić information content (AvgIpc) is 2.65. The molecule has 1 aliphatic carbocycles. The van der Waals surface area contributed by atoms with Crippen LogP contribution in [0.4, 0.5) is 0 Å². The van der Waals surface area contributed by atoms with Crippen LogP contribution in [0.3, 0.4) is 0 Å². The van der Waals surface area contributed by atoms with E-state index in [1.165, 1.54) is 32.1 Å². The molecule has 1 unspecified atom stereocenters. The minimum Gasteiger partial charge on any atom is -0.389 e. The third kappa shape index (κ3) is 2.46. The highest BCUT2D eigenvalue weighted by molar-refractivity contribution is 5.27. The van der Waals surface area contributed by atoms with E-state index >= 15 is 0 Å². The molecular formula is C15H26N2O. The molecule has 0 saturated heterocycles. The Morgan fingerprint density at radius 2 is 1.89 bits per heavy atom. The number of aliphatic hydroxyl groups excluding tert-OH is 1. The van der Waals surface area contributed by atoms with E-state index in [-0.39, 0.29) is 0 Å². The normalized spacial score (nSPS) is 26.3. The Morgan fingerprint density at radius 1 is 1.28 bits per heavy atom. The summed E-state index contributed by atoms with van der Waals surface area (Å²) in [7, 11) is 0. The van der Waals surface area contributed by atoms with Gasteiger partial charge >= 0.3 is 0 Å². The second-order valence-electron chi connectivity index (χ2n) is 5.79. The van der Waals surface area contributed by atoms with Gasteiger partial charge in [0.15, 0.2) is 0 Å². The predicted molar refractivity (Wildman–Crippen MR) is 73.6 cm³/mol. The first-order valence-corrected chi connectivity index (χ1v) is 7.28. The van der Waals surface area contributed by atoms with E-state index in [1.807, 2.05) is 13.8 Å². The number of hydrogen-bond acceptors (Lipinski definition) is 2. The van der Waals surface area contributed by atoms with Gasteiger partial charge in [0.25, 0.3) is 0 Å². The lowest BCUT2D eigenvalue weighted by Gasteiger charge is -2.28. The van der Waals surface area contributed by atoms with Gasteiger partial charge in [-0.2, -0.15) is 5.10 Å². The maximum atomic E-state index is 9.82. The van der Waals surface area contributed by atoms with E-state index in [4.69, 9.17) is 0 Å². The minimum absolute atomic E-state index is 0.411. The molecular weight excluding hydrogens is 224 g/mol. The van der Waals surface area contributed by atoms with Gasteiger partial charge in [-0.3, -0.25) is 4.68 Å². The van der Waals surface area contributed by atoms with Gasteiger partial charge in [0, 0.05) is 11.3 Å². The van der Waals surface area contributed by atoms with E-state index in [9.17, 15) is 5.11 Å². The van der Waals surface area contributed by atoms with Crippen LogP contribution >= 0.6 is 0 Å². The molecule has 0 aliphatic heterocycles. The molecule has 1 fully saturated rings. The van der Waals surface area contributed by atoms with E-state index in [2.05, 4.69) is 23.6 Å². The summed E-state index contributed by atoms with van der Waals surface area (Å²) in [5, 5.41) is 14.5. The van der Waals surface area contributed by atoms with Gasteiger partial charge in [0.2, 0.25) is 0 Å². The first kappa shape index (κ1) is 13.6. The molecule has 0 radical (unpaired) electrons. The lowest BCUT2D eigenvalue weighted by Crippen LogP contribution is -2.20. The molecule has 1 aliphatic rings. The fourth-order valence-electron chi connectivity index (χ4n) is 3.43. The van der Waals surface area contributed by atoms with Gasteiger partial charge < -0.3 is 5.11 Å². The second-order valence-corrected chi connectivity index (χ2v) is 5.79. The third-order valence-corrected chi connectivity index (χ3v) is 4.54. The molecule has 2 rings (SSSR count). The van der Waals surface area contributed by atoms with Crippen molar-refractivity contribution in [3.63, 3.8) is 0 Å². The summed E-state index contributed by atoms with van der Waals surface area (Å²) in [5.74, 6) is 0.912. The van der Waals surface area contributed by atoms with Crippen molar-refractivity contribution in [3.8, 4) is 0 Å². The molecule has 1 heterocycles. The fourth-order valence-corrected chi connectivity index (χ4v) is 3.43. The molecule has 0 bridgehead atoms. The number of aromatic nitrogens is 2. The van der Waals surface area contributed by atoms with Crippen LogP contribution in [0.25, 0.3) is 0 Å². The van der Waals surface area contributed by atoms with Crippen molar-refractivity contribution in [1.82, 2.24) is 9.78 Å². The van der Waals surface area contributed by atoms with Crippen molar-refractivity contribution in [3.05, 3.63) is 17.0 Å². The highest BCUT2D eigenvalue weighted by atomic mass is 16.3. The van der Waals surface area contributed by atoms with Crippen LogP contribution in [-0.4, -0.2) is 14.9 Å². The first-order valence-electron chi connectivity index (χ1n) is 7.28. The van der Waals surface area contributed by atoms with Crippen LogP contribution < -0.4 is 0 Å². The van der Waals surface area contributed by atoms with E-state index in [1.54, 1.807) is 0 Å². The van der Waals surface area contributed by atoms with Crippen LogP contribution in [0, 0.1) is 19.8 Å². The van der Waals surface area contributed by atoms with Crippen LogP contribution in [0.15, 0.2) is 0 Å². The van der Waals surface area contributed by atoms with Gasteiger partial charge in [0.05, 0.1) is 17.8 Å². The summed E-state index contributed by atoms with van der Waals surface area (Å²) in [6.45, 7) is 8.21. The smallest absolute Gasteiger partial charge is 0.0797 e. The second kappa shape index (κ2) is 5.43. The van der Waals surface area contributed by atoms with Gasteiger partial charge in [0.1, 0.15) is 0 Å². The standard InChI is InChI=1S/C15H26N2O/c1-5-13-6-8-14(9-7-13)17-11(3)15(12(4)18)10(2)16-17/h12-14,18H,5-9H2,1-4H3. The highest BCUT2D eigenvalue weighted by Gasteiger charge is 2.25. The maximum absolute atomic E-state index is 9.82. The fraction of sp³-hybridized carbons (Fsp3) is 0.800. The van der Waals surface area contributed by atoms with Crippen molar-refractivity contribution in [2.75, 3.05) is 0 Å². The summed E-state index contributed by atoms with van der Waals surface area (Å²) in [5.41, 5.74) is 3.16. The van der Waals surface area contributed by atoms with Gasteiger partial charge in [-0.1, -0.05) is 13.3 Å². The quantitative estimate of drug-likeness (QED) is 0.888. The molecule has 1 saturated carbocycles. The van der Waals surface area contributed by atoms with Gasteiger partial charge in [-0.15, -0.1) is 0 Å². The summed E-state index contributed by atoms with van der Waals surface area (Å²) in [6.07, 6.45) is 6.01. The summed E-state index contributed by atoms with van der Waals surface area (Å²) < 4.78 is 2.17. The van der Waals surface area contributed by atoms with E-state index < -0.39 is 6.10 Å². The summed E-state index contributed by atoms with van der Waals surface area (Å²) >= 11 is 0. The zero-order chi connectivity index (χ0) is 13.3. The maximum Gasteiger partial charge on any atom is 0.0797 e. The van der Waals surface area contributed by atoms with Crippen LogP contribution in [-0.2, 0) is 0 Å². The molecule has 0 spiro atoms. The SMILES string of the molecule is CCC1CCC(n2nc(C)c(C(C)O)c2C)CC1. The third-order valence-electron chi connectivity index (χ3n) is 4.54. The molecule has 1 aromatic rings. The molecule has 3 heteroatoms. The van der Waals surface area contributed by atoms with Crippen LogP contribution in [0.1, 0.15) is 75.0 Å². The lowest BCUT2D eigenvalue weighted by molar-refractivity contribution is 0.197. The number of rotatable bonds is 3. The monoisotopic (exact) mass is 250 g/mol. The number of hydrogen-bond donors (Lipinski definition) is 1. The summed E-state index contributed by atoms with van der Waals surface area (Å²) in [6, 6.07) is 0.541. The molecule has 3 nitrogen and oxygen atoms in total. The number of nitrogens with zero attached hydrogens (tertiary/aromatic N) is 2. The Hall–Kier alpha value is -0.830. The zero-order valence-electron chi connectivity index (χ0n) is 12.1. The first-order chi connectivity index (χ1) is 8.54. The van der Waals surface area contributed by atoms with Gasteiger partial charge in [-0.05, 0) is 52.4 Å². The molecule has 18 heavy (non-hydrogen) atoms. The Morgan fingerprint density at radius 3 is 2.33 bits per heavy atom. The molecule has 1 atom stereocenters. The lowest BCUT2D eigenvalue weighted by atomic mass is 9.84. The predicted octanol–water partition coefficient (Wildman–Crippen LogP) is 3.69. The number of aliphatic hydroxyl groups is 1. The Balaban J connectivity index is 2.17. The minimum atomic E-state index is -0.411. The molecule has 102 valence electrons. The Bertz CT molecular complexity index is 401. The van der Waals surface area contributed by atoms with Crippen molar-refractivity contribution < 1.29 is 5.11 Å².